The third kappa shape index (κ3) is 6.16. The SMILES string of the molecule is CCC(C(=O)N[C@@H](Cc1cc(F)cc(F)c1)c1ncccc1-c1ccc(F)c(C(N)=O)c1)n1ccc2cc(C)c(C)cc21. The Labute approximate surface area is 247 Å². The average molecular weight is 585 g/mol. The molecule has 5 aromatic rings. The molecule has 0 saturated heterocycles. The highest BCUT2D eigenvalue weighted by Crippen LogP contribution is 2.32. The molecule has 220 valence electrons. The molecule has 2 amide bonds. The van der Waals surface area contributed by atoms with Gasteiger partial charge in [-0.1, -0.05) is 19.1 Å². The number of halogens is 3. The van der Waals surface area contributed by atoms with Gasteiger partial charge in [0.25, 0.3) is 5.91 Å². The third-order valence-corrected chi connectivity index (χ3v) is 7.75. The van der Waals surface area contributed by atoms with E-state index in [-0.39, 0.29) is 17.9 Å². The van der Waals surface area contributed by atoms with Gasteiger partial charge in [0.05, 0.1) is 17.3 Å². The van der Waals surface area contributed by atoms with Crippen LogP contribution in [0.3, 0.4) is 0 Å². The molecule has 0 bridgehead atoms. The maximum Gasteiger partial charge on any atom is 0.251 e. The Morgan fingerprint density at radius 1 is 0.953 bits per heavy atom. The molecular weight excluding hydrogens is 553 g/mol. The second kappa shape index (κ2) is 12.1. The molecule has 2 heterocycles. The number of pyridine rings is 1. The zero-order valence-electron chi connectivity index (χ0n) is 24.0. The predicted octanol–water partition coefficient (Wildman–Crippen LogP) is 6.89. The van der Waals surface area contributed by atoms with Crippen molar-refractivity contribution in [1.29, 1.82) is 0 Å². The number of aryl methyl sites for hydroxylation is 2. The minimum absolute atomic E-state index is 0.00939. The van der Waals surface area contributed by atoms with Gasteiger partial charge in [-0.2, -0.15) is 0 Å². The van der Waals surface area contributed by atoms with Gasteiger partial charge in [-0.25, -0.2) is 13.2 Å². The molecule has 0 radical (unpaired) electrons. The molecule has 0 spiro atoms. The number of hydrogen-bond acceptors (Lipinski definition) is 3. The fourth-order valence-electron chi connectivity index (χ4n) is 5.47. The van der Waals surface area contributed by atoms with E-state index in [4.69, 9.17) is 5.73 Å². The summed E-state index contributed by atoms with van der Waals surface area (Å²) in [5.74, 6) is -3.51. The van der Waals surface area contributed by atoms with Crippen molar-refractivity contribution in [3.63, 3.8) is 0 Å². The van der Waals surface area contributed by atoms with Gasteiger partial charge in [-0.3, -0.25) is 14.6 Å². The number of benzene rings is 3. The van der Waals surface area contributed by atoms with Crippen LogP contribution in [-0.4, -0.2) is 21.4 Å². The van der Waals surface area contributed by atoms with Crippen molar-refractivity contribution >= 4 is 22.7 Å². The van der Waals surface area contributed by atoms with Gasteiger partial charge in [-0.15, -0.1) is 0 Å². The maximum absolute atomic E-state index is 14.3. The summed E-state index contributed by atoms with van der Waals surface area (Å²) in [6.45, 7) is 5.96. The average Bonchev–Trinajstić information content (AvgIpc) is 3.35. The largest absolute Gasteiger partial charge is 0.366 e. The lowest BCUT2D eigenvalue weighted by molar-refractivity contribution is -0.125. The number of nitrogens with one attached hydrogen (secondary N) is 1. The van der Waals surface area contributed by atoms with Crippen LogP contribution in [0.15, 0.2) is 79.1 Å². The van der Waals surface area contributed by atoms with E-state index in [1.807, 2.05) is 37.6 Å². The molecule has 9 heteroatoms. The number of carbonyl (C=O) groups is 2. The van der Waals surface area contributed by atoms with Crippen LogP contribution < -0.4 is 11.1 Å². The molecule has 0 aliphatic carbocycles. The molecule has 0 aliphatic rings. The second-order valence-electron chi connectivity index (χ2n) is 10.7. The van der Waals surface area contributed by atoms with Crippen molar-refractivity contribution < 1.29 is 22.8 Å². The molecule has 6 nitrogen and oxygen atoms in total. The molecule has 2 atom stereocenters. The number of rotatable bonds is 9. The Morgan fingerprint density at radius 2 is 1.67 bits per heavy atom. The van der Waals surface area contributed by atoms with Gasteiger partial charge in [0.2, 0.25) is 5.91 Å². The number of nitrogens with two attached hydrogens (primary N) is 1. The summed E-state index contributed by atoms with van der Waals surface area (Å²) in [5, 5.41) is 4.09. The van der Waals surface area contributed by atoms with E-state index in [1.165, 1.54) is 30.5 Å². The molecular formula is C34H31F3N4O2. The van der Waals surface area contributed by atoms with Gasteiger partial charge in [-0.05, 0) is 103 Å². The molecule has 0 aliphatic heterocycles. The minimum atomic E-state index is -0.931. The Morgan fingerprint density at radius 3 is 2.37 bits per heavy atom. The van der Waals surface area contributed by atoms with E-state index < -0.39 is 35.4 Å². The zero-order valence-corrected chi connectivity index (χ0v) is 24.0. The highest BCUT2D eigenvalue weighted by atomic mass is 19.1. The number of hydrogen-bond donors (Lipinski definition) is 2. The Kier molecular flexibility index (Phi) is 8.34. The molecule has 3 aromatic carbocycles. The number of fused-ring (bicyclic) bond motifs is 1. The summed E-state index contributed by atoms with van der Waals surface area (Å²) < 4.78 is 44.6. The summed E-state index contributed by atoms with van der Waals surface area (Å²) in [5.41, 5.74) is 9.87. The van der Waals surface area contributed by atoms with Crippen molar-refractivity contribution in [2.24, 2.45) is 5.73 Å². The maximum atomic E-state index is 14.3. The minimum Gasteiger partial charge on any atom is -0.366 e. The topological polar surface area (TPSA) is 90.0 Å². The standard InChI is InChI=1S/C34H31F3N4O2/c1-4-30(41-11-9-23-12-19(2)20(3)13-31(23)41)34(43)40-29(16-21-14-24(35)18-25(36)15-21)32-26(6-5-10-39-32)22-7-8-28(37)27(17-22)33(38)42/h5-15,17-18,29-30H,4,16H2,1-3H3,(H2,38,42)(H,40,43)/t29-,30?/m0/s1. The molecule has 1 unspecified atom stereocenters. The normalized spacial score (nSPS) is 12.7. The molecule has 0 fully saturated rings. The van der Waals surface area contributed by atoms with Crippen LogP contribution in [0.4, 0.5) is 13.2 Å². The Hall–Kier alpha value is -4.92. The summed E-state index contributed by atoms with van der Waals surface area (Å²) in [6, 6.07) is 15.2. The number of carbonyl (C=O) groups excluding carboxylic acids is 2. The lowest BCUT2D eigenvalue weighted by Crippen LogP contribution is -2.36. The van der Waals surface area contributed by atoms with Crippen molar-refractivity contribution in [2.75, 3.05) is 0 Å². The fraction of sp³-hybridized carbons (Fsp3) is 0.206. The molecule has 2 aromatic heterocycles. The van der Waals surface area contributed by atoms with E-state index in [1.54, 1.807) is 12.1 Å². The summed E-state index contributed by atoms with van der Waals surface area (Å²) in [7, 11) is 0. The van der Waals surface area contributed by atoms with Crippen LogP contribution in [0, 0.1) is 31.3 Å². The number of aromatic nitrogens is 2. The molecule has 3 N–H and O–H groups in total. The first-order chi connectivity index (χ1) is 20.5. The first-order valence-electron chi connectivity index (χ1n) is 13.9. The molecule has 5 rings (SSSR count). The van der Waals surface area contributed by atoms with Gasteiger partial charge in [0, 0.05) is 29.5 Å². The third-order valence-electron chi connectivity index (χ3n) is 7.75. The lowest BCUT2D eigenvalue weighted by atomic mass is 9.94. The van der Waals surface area contributed by atoms with Crippen molar-refractivity contribution in [3.8, 4) is 11.1 Å². The van der Waals surface area contributed by atoms with Crippen LogP contribution in [0.2, 0.25) is 0 Å². The number of primary amides is 1. The lowest BCUT2D eigenvalue weighted by Gasteiger charge is -2.25. The number of nitrogens with zero attached hydrogens (tertiary/aromatic N) is 2. The summed E-state index contributed by atoms with van der Waals surface area (Å²) in [6.07, 6.45) is 3.89. The first kappa shape index (κ1) is 29.6. The first-order valence-corrected chi connectivity index (χ1v) is 13.9. The second-order valence-corrected chi connectivity index (χ2v) is 10.7. The van der Waals surface area contributed by atoms with E-state index >= 15 is 0 Å². The van der Waals surface area contributed by atoms with E-state index in [0.717, 1.165) is 34.2 Å². The van der Waals surface area contributed by atoms with Crippen molar-refractivity contribution in [3.05, 3.63) is 125 Å². The van der Waals surface area contributed by atoms with Crippen molar-refractivity contribution in [2.45, 2.75) is 45.7 Å². The summed E-state index contributed by atoms with van der Waals surface area (Å²) >= 11 is 0. The van der Waals surface area contributed by atoms with E-state index in [2.05, 4.69) is 22.4 Å². The quantitative estimate of drug-likeness (QED) is 0.198. The number of amides is 2. The fourth-order valence-corrected chi connectivity index (χ4v) is 5.47. The van der Waals surface area contributed by atoms with Gasteiger partial charge < -0.3 is 15.6 Å². The van der Waals surface area contributed by atoms with Crippen LogP contribution in [0.1, 0.15) is 58.2 Å². The monoisotopic (exact) mass is 584 g/mol. The van der Waals surface area contributed by atoms with Crippen LogP contribution in [-0.2, 0) is 11.2 Å². The van der Waals surface area contributed by atoms with Gasteiger partial charge in [0.1, 0.15) is 23.5 Å². The zero-order chi connectivity index (χ0) is 30.8. The van der Waals surface area contributed by atoms with Crippen LogP contribution in [0.25, 0.3) is 22.0 Å². The highest BCUT2D eigenvalue weighted by Gasteiger charge is 2.27. The van der Waals surface area contributed by atoms with E-state index in [0.29, 0.717) is 28.8 Å². The van der Waals surface area contributed by atoms with Crippen LogP contribution >= 0.6 is 0 Å². The van der Waals surface area contributed by atoms with E-state index in [9.17, 15) is 22.8 Å². The van der Waals surface area contributed by atoms with Gasteiger partial charge in [0.15, 0.2) is 0 Å². The molecule has 0 saturated carbocycles. The Bertz CT molecular complexity index is 1830. The van der Waals surface area contributed by atoms with Crippen molar-refractivity contribution in [1.82, 2.24) is 14.9 Å². The summed E-state index contributed by atoms with van der Waals surface area (Å²) in [4.78, 5) is 30.4. The highest BCUT2D eigenvalue weighted by molar-refractivity contribution is 5.94. The predicted molar refractivity (Wildman–Crippen MR) is 160 cm³/mol. The van der Waals surface area contributed by atoms with Crippen LogP contribution in [0.5, 0.6) is 0 Å². The smallest absolute Gasteiger partial charge is 0.251 e. The van der Waals surface area contributed by atoms with Gasteiger partial charge >= 0.3 is 0 Å². The Balaban J connectivity index is 1.58. The molecule has 43 heavy (non-hydrogen) atoms.